The zero-order chi connectivity index (χ0) is 13.4. The Kier molecular flexibility index (Phi) is 3.04. The van der Waals surface area contributed by atoms with Crippen LogP contribution in [0.4, 0.5) is 8.78 Å². The normalized spacial score (nSPS) is 10.7. The third-order valence-corrected chi connectivity index (χ3v) is 2.84. The highest BCUT2D eigenvalue weighted by Gasteiger charge is 2.20. The SMILES string of the molecule is Cc1c(Cl)c(C(=O)O)nn1-c1ccc(F)cc1F. The van der Waals surface area contributed by atoms with Crippen LogP contribution in [0, 0.1) is 18.6 Å². The molecule has 0 unspecified atom stereocenters. The Morgan fingerprint density at radius 3 is 2.61 bits per heavy atom. The third-order valence-electron chi connectivity index (χ3n) is 2.38. The maximum Gasteiger partial charge on any atom is 0.358 e. The first kappa shape index (κ1) is 12.5. The van der Waals surface area contributed by atoms with Crippen LogP contribution in [0.5, 0.6) is 0 Å². The lowest BCUT2D eigenvalue weighted by atomic mass is 10.3. The number of aromatic nitrogens is 2. The summed E-state index contributed by atoms with van der Waals surface area (Å²) in [6.07, 6.45) is 0. The van der Waals surface area contributed by atoms with Crippen molar-refractivity contribution in [2.24, 2.45) is 0 Å². The number of benzene rings is 1. The Morgan fingerprint density at radius 2 is 2.11 bits per heavy atom. The van der Waals surface area contributed by atoms with E-state index >= 15 is 0 Å². The summed E-state index contributed by atoms with van der Waals surface area (Å²) in [4.78, 5) is 10.8. The molecule has 0 spiro atoms. The quantitative estimate of drug-likeness (QED) is 0.914. The van der Waals surface area contributed by atoms with Crippen molar-refractivity contribution in [3.63, 3.8) is 0 Å². The first-order valence-corrected chi connectivity index (χ1v) is 5.23. The predicted octanol–water partition coefficient (Wildman–Crippen LogP) is 2.81. The monoisotopic (exact) mass is 272 g/mol. The van der Waals surface area contributed by atoms with Crippen LogP contribution in [0.3, 0.4) is 0 Å². The minimum atomic E-state index is -1.32. The number of carboxylic acids is 1. The molecule has 0 radical (unpaired) electrons. The lowest BCUT2D eigenvalue weighted by Gasteiger charge is -2.05. The molecule has 0 atom stereocenters. The van der Waals surface area contributed by atoms with Crippen LogP contribution >= 0.6 is 11.6 Å². The molecule has 18 heavy (non-hydrogen) atoms. The van der Waals surface area contributed by atoms with E-state index < -0.39 is 17.6 Å². The summed E-state index contributed by atoms with van der Waals surface area (Å²) in [6, 6.07) is 2.89. The summed E-state index contributed by atoms with van der Waals surface area (Å²) in [5, 5.41) is 12.5. The molecule has 2 aromatic rings. The Bertz CT molecular complexity index is 640. The van der Waals surface area contributed by atoms with Gasteiger partial charge in [-0.15, -0.1) is 0 Å². The van der Waals surface area contributed by atoms with Gasteiger partial charge in [0.1, 0.15) is 11.5 Å². The Balaban J connectivity index is 2.64. The number of rotatable bonds is 2. The van der Waals surface area contributed by atoms with Crippen molar-refractivity contribution in [1.82, 2.24) is 9.78 Å². The second kappa shape index (κ2) is 4.38. The minimum Gasteiger partial charge on any atom is -0.476 e. The van der Waals surface area contributed by atoms with Crippen molar-refractivity contribution in [3.8, 4) is 5.69 Å². The van der Waals surface area contributed by atoms with Gasteiger partial charge in [0.15, 0.2) is 11.5 Å². The Morgan fingerprint density at radius 1 is 1.44 bits per heavy atom. The van der Waals surface area contributed by atoms with Crippen molar-refractivity contribution in [2.75, 3.05) is 0 Å². The van der Waals surface area contributed by atoms with Gasteiger partial charge in [0.25, 0.3) is 0 Å². The van der Waals surface area contributed by atoms with Gasteiger partial charge in [-0.1, -0.05) is 11.6 Å². The lowest BCUT2D eigenvalue weighted by molar-refractivity contribution is 0.0690. The molecule has 4 nitrogen and oxygen atoms in total. The zero-order valence-corrected chi connectivity index (χ0v) is 9.87. The third kappa shape index (κ3) is 1.95. The summed E-state index contributed by atoms with van der Waals surface area (Å²) in [7, 11) is 0. The van der Waals surface area contributed by atoms with E-state index in [1.165, 1.54) is 6.92 Å². The van der Waals surface area contributed by atoms with Crippen molar-refractivity contribution in [2.45, 2.75) is 6.92 Å². The molecule has 1 aromatic carbocycles. The minimum absolute atomic E-state index is 0.0664. The highest BCUT2D eigenvalue weighted by atomic mass is 35.5. The molecule has 7 heteroatoms. The molecule has 2 rings (SSSR count). The van der Waals surface area contributed by atoms with Gasteiger partial charge in [0.05, 0.1) is 10.7 Å². The van der Waals surface area contributed by atoms with E-state index in [0.29, 0.717) is 6.07 Å². The highest BCUT2D eigenvalue weighted by molar-refractivity contribution is 6.33. The van der Waals surface area contributed by atoms with Crippen LogP contribution in [-0.2, 0) is 0 Å². The maximum atomic E-state index is 13.6. The average molecular weight is 273 g/mol. The summed E-state index contributed by atoms with van der Waals surface area (Å²) >= 11 is 5.78. The van der Waals surface area contributed by atoms with Gasteiger partial charge in [-0.2, -0.15) is 5.10 Å². The number of carbonyl (C=O) groups is 1. The molecule has 0 aliphatic heterocycles. The Labute approximate surface area is 105 Å². The number of nitrogens with zero attached hydrogens (tertiary/aromatic N) is 2. The van der Waals surface area contributed by atoms with Crippen LogP contribution in [0.15, 0.2) is 18.2 Å². The molecular weight excluding hydrogens is 266 g/mol. The number of halogens is 3. The molecule has 0 fully saturated rings. The fourth-order valence-corrected chi connectivity index (χ4v) is 1.71. The summed E-state index contributed by atoms with van der Waals surface area (Å²) in [6.45, 7) is 1.49. The first-order chi connectivity index (χ1) is 8.41. The van der Waals surface area contributed by atoms with E-state index in [1.54, 1.807) is 0 Å². The highest BCUT2D eigenvalue weighted by Crippen LogP contribution is 2.24. The molecule has 1 aromatic heterocycles. The lowest BCUT2D eigenvalue weighted by Crippen LogP contribution is -2.04. The van der Waals surface area contributed by atoms with Gasteiger partial charge < -0.3 is 5.11 Å². The molecule has 0 aliphatic carbocycles. The van der Waals surface area contributed by atoms with Crippen molar-refractivity contribution >= 4 is 17.6 Å². The van der Waals surface area contributed by atoms with E-state index in [-0.39, 0.29) is 22.1 Å². The summed E-state index contributed by atoms with van der Waals surface area (Å²) in [5.41, 5.74) is -0.180. The van der Waals surface area contributed by atoms with Gasteiger partial charge in [-0.05, 0) is 19.1 Å². The van der Waals surface area contributed by atoms with Crippen molar-refractivity contribution in [1.29, 1.82) is 0 Å². The van der Waals surface area contributed by atoms with Crippen LogP contribution in [0.1, 0.15) is 16.2 Å². The van der Waals surface area contributed by atoms with Crippen molar-refractivity contribution in [3.05, 3.63) is 46.2 Å². The maximum absolute atomic E-state index is 13.6. The standard InChI is InChI=1S/C11H7ClF2N2O2/c1-5-9(12)10(11(17)18)15-16(5)8-3-2-6(13)4-7(8)14/h2-4H,1H3,(H,17,18). The second-order valence-electron chi connectivity index (χ2n) is 3.56. The molecule has 94 valence electrons. The molecule has 0 bridgehead atoms. The fraction of sp³-hybridized carbons (Fsp3) is 0.0909. The number of hydrogen-bond donors (Lipinski definition) is 1. The fourth-order valence-electron chi connectivity index (χ4n) is 1.51. The second-order valence-corrected chi connectivity index (χ2v) is 3.94. The molecule has 1 N–H and O–H groups in total. The zero-order valence-electron chi connectivity index (χ0n) is 9.12. The van der Waals surface area contributed by atoms with E-state index in [1.807, 2.05) is 0 Å². The van der Waals surface area contributed by atoms with E-state index in [0.717, 1.165) is 16.8 Å². The smallest absolute Gasteiger partial charge is 0.358 e. The summed E-state index contributed by atoms with van der Waals surface area (Å²) in [5.74, 6) is -2.90. The molecular formula is C11H7ClF2N2O2. The van der Waals surface area contributed by atoms with Crippen LogP contribution in [0.25, 0.3) is 5.69 Å². The molecule has 0 saturated heterocycles. The van der Waals surface area contributed by atoms with Gasteiger partial charge in [-0.25, -0.2) is 18.3 Å². The first-order valence-electron chi connectivity index (χ1n) is 4.85. The molecule has 1 heterocycles. The van der Waals surface area contributed by atoms with Gasteiger partial charge in [0.2, 0.25) is 0 Å². The largest absolute Gasteiger partial charge is 0.476 e. The number of hydrogen-bond acceptors (Lipinski definition) is 2. The topological polar surface area (TPSA) is 55.1 Å². The summed E-state index contributed by atoms with van der Waals surface area (Å²) < 4.78 is 27.4. The van der Waals surface area contributed by atoms with Crippen molar-refractivity contribution < 1.29 is 18.7 Å². The van der Waals surface area contributed by atoms with Gasteiger partial charge >= 0.3 is 5.97 Å². The van der Waals surface area contributed by atoms with E-state index in [2.05, 4.69) is 5.10 Å². The van der Waals surface area contributed by atoms with E-state index in [4.69, 9.17) is 16.7 Å². The van der Waals surface area contributed by atoms with Gasteiger partial charge in [0, 0.05) is 6.07 Å². The molecule has 0 amide bonds. The van der Waals surface area contributed by atoms with Crippen LogP contribution in [0.2, 0.25) is 5.02 Å². The average Bonchev–Trinajstić information content (AvgIpc) is 2.57. The van der Waals surface area contributed by atoms with Crippen LogP contribution < -0.4 is 0 Å². The number of aromatic carboxylic acids is 1. The Hall–Kier alpha value is -1.95. The predicted molar refractivity (Wildman–Crippen MR) is 60.2 cm³/mol. The van der Waals surface area contributed by atoms with Crippen LogP contribution in [-0.4, -0.2) is 20.9 Å². The van der Waals surface area contributed by atoms with E-state index in [9.17, 15) is 13.6 Å². The molecule has 0 saturated carbocycles. The molecule has 0 aliphatic rings. The number of carboxylic acid groups (broad SMARTS) is 1. The van der Waals surface area contributed by atoms with Gasteiger partial charge in [-0.3, -0.25) is 0 Å².